The van der Waals surface area contributed by atoms with Crippen molar-refractivity contribution in [2.24, 2.45) is 5.41 Å². The fraction of sp³-hybridized carbons (Fsp3) is 0.471. The monoisotopic (exact) mass is 393 g/mol. The number of amides is 2. The van der Waals surface area contributed by atoms with Gasteiger partial charge in [0.05, 0.1) is 17.5 Å². The van der Waals surface area contributed by atoms with Crippen LogP contribution in [-0.2, 0) is 9.59 Å². The second-order valence-corrected chi connectivity index (χ2v) is 10.4. The number of nitriles is 1. The van der Waals surface area contributed by atoms with Gasteiger partial charge in [-0.25, -0.2) is 0 Å². The second-order valence-electron chi connectivity index (χ2n) is 7.13. The first-order valence-corrected chi connectivity index (χ1v) is 10.4. The summed E-state index contributed by atoms with van der Waals surface area (Å²) in [6.45, 7) is 3.61. The van der Waals surface area contributed by atoms with Crippen LogP contribution in [0.25, 0.3) is 0 Å². The van der Waals surface area contributed by atoms with Crippen LogP contribution in [0.2, 0.25) is 5.02 Å². The smallest absolute Gasteiger partial charge is 0.261 e. The first kappa shape index (κ1) is 17.1. The highest BCUT2D eigenvalue weighted by atomic mass is 35.5. The molecule has 5 nitrogen and oxygen atoms in total. The molecule has 2 unspecified atom stereocenters. The maximum absolute atomic E-state index is 13.4. The Morgan fingerprint density at radius 2 is 1.84 bits per heavy atom. The van der Waals surface area contributed by atoms with Crippen LogP contribution in [0.15, 0.2) is 24.3 Å². The standard InChI is InChI=1S/C17H16ClN3O2S2/c1-15(9-19)8-17-14(23)20(3)16(2,24-25-17)13(22)21(17)12(15)10-4-6-11(18)7-5-10/h4-7,12H,8H2,1-3H3/t12-,15+,16?,17?/m0/s1. The maximum atomic E-state index is 13.4. The number of carbonyl (C=O) groups is 2. The summed E-state index contributed by atoms with van der Waals surface area (Å²) < 4.78 is 0. The second kappa shape index (κ2) is 5.09. The van der Waals surface area contributed by atoms with Crippen LogP contribution in [0.4, 0.5) is 0 Å². The molecular formula is C17H16ClN3O2S2. The summed E-state index contributed by atoms with van der Waals surface area (Å²) >= 11 is 6.00. The molecule has 0 aliphatic carbocycles. The minimum atomic E-state index is -1.02. The van der Waals surface area contributed by atoms with Gasteiger partial charge in [-0.3, -0.25) is 9.59 Å². The van der Waals surface area contributed by atoms with Crippen molar-refractivity contribution in [3.63, 3.8) is 0 Å². The van der Waals surface area contributed by atoms with Crippen molar-refractivity contribution in [3.05, 3.63) is 34.9 Å². The molecule has 5 rings (SSSR count). The molecule has 130 valence electrons. The van der Waals surface area contributed by atoms with Gasteiger partial charge in [0.2, 0.25) is 0 Å². The third-order valence-corrected chi connectivity index (χ3v) is 9.49. The van der Waals surface area contributed by atoms with E-state index in [1.54, 1.807) is 31.0 Å². The number of hydrogen-bond donors (Lipinski definition) is 0. The molecule has 25 heavy (non-hydrogen) atoms. The summed E-state index contributed by atoms with van der Waals surface area (Å²) in [6, 6.07) is 9.09. The molecule has 1 aromatic carbocycles. The Hall–Kier alpha value is -1.36. The van der Waals surface area contributed by atoms with E-state index in [1.807, 2.05) is 19.1 Å². The molecule has 8 heteroatoms. The molecule has 0 saturated carbocycles. The van der Waals surface area contributed by atoms with Crippen molar-refractivity contribution < 1.29 is 9.59 Å². The molecule has 2 bridgehead atoms. The van der Waals surface area contributed by atoms with Gasteiger partial charge in [0.15, 0.2) is 9.74 Å². The summed E-state index contributed by atoms with van der Waals surface area (Å²) in [4.78, 5) is 27.7. The Morgan fingerprint density at radius 1 is 1.20 bits per heavy atom. The zero-order valence-electron chi connectivity index (χ0n) is 13.9. The number of nitrogens with zero attached hydrogens (tertiary/aromatic N) is 3. The molecule has 4 aliphatic rings. The first-order valence-electron chi connectivity index (χ1n) is 7.85. The van der Waals surface area contributed by atoms with Crippen LogP contribution in [0.3, 0.4) is 0 Å². The van der Waals surface area contributed by atoms with E-state index in [0.29, 0.717) is 11.4 Å². The Kier molecular flexibility index (Phi) is 3.48. The molecule has 1 aromatic rings. The van der Waals surface area contributed by atoms with Crippen LogP contribution in [-0.4, -0.2) is 38.4 Å². The van der Waals surface area contributed by atoms with Crippen LogP contribution in [0, 0.1) is 16.7 Å². The lowest BCUT2D eigenvalue weighted by molar-refractivity contribution is -0.164. The lowest BCUT2D eigenvalue weighted by Gasteiger charge is -2.57. The van der Waals surface area contributed by atoms with E-state index < -0.39 is 21.2 Å². The van der Waals surface area contributed by atoms with Gasteiger partial charge in [0, 0.05) is 18.5 Å². The third-order valence-electron chi connectivity index (χ3n) is 5.54. The van der Waals surface area contributed by atoms with E-state index in [0.717, 1.165) is 5.56 Å². The van der Waals surface area contributed by atoms with E-state index in [-0.39, 0.29) is 11.8 Å². The van der Waals surface area contributed by atoms with Gasteiger partial charge in [0.1, 0.15) is 0 Å². The van der Waals surface area contributed by atoms with Gasteiger partial charge >= 0.3 is 0 Å². The summed E-state index contributed by atoms with van der Waals surface area (Å²) in [5.41, 5.74) is -0.0285. The third kappa shape index (κ3) is 1.93. The fourth-order valence-electron chi connectivity index (χ4n) is 4.07. The zero-order valence-corrected chi connectivity index (χ0v) is 16.3. The average molecular weight is 394 g/mol. The molecule has 4 saturated heterocycles. The maximum Gasteiger partial charge on any atom is 0.261 e. The van der Waals surface area contributed by atoms with Crippen molar-refractivity contribution in [2.75, 3.05) is 7.05 Å². The number of halogens is 1. The Morgan fingerprint density at radius 3 is 2.44 bits per heavy atom. The minimum Gasteiger partial charge on any atom is -0.319 e. The summed E-state index contributed by atoms with van der Waals surface area (Å²) in [7, 11) is 4.50. The van der Waals surface area contributed by atoms with Crippen LogP contribution in [0.5, 0.6) is 0 Å². The van der Waals surface area contributed by atoms with Gasteiger partial charge in [-0.15, -0.1) is 0 Å². The Labute approximate surface area is 159 Å². The van der Waals surface area contributed by atoms with Gasteiger partial charge in [-0.2, -0.15) is 5.26 Å². The lowest BCUT2D eigenvalue weighted by atomic mass is 9.79. The molecule has 0 N–H and O–H groups in total. The van der Waals surface area contributed by atoms with Gasteiger partial charge in [0.25, 0.3) is 11.8 Å². The number of fused-ring (bicyclic) bond motifs is 2. The van der Waals surface area contributed by atoms with Gasteiger partial charge in [-0.05, 0) is 31.5 Å². The van der Waals surface area contributed by atoms with E-state index >= 15 is 0 Å². The van der Waals surface area contributed by atoms with Gasteiger partial charge < -0.3 is 9.80 Å². The van der Waals surface area contributed by atoms with Crippen LogP contribution in [0.1, 0.15) is 31.9 Å². The highest BCUT2D eigenvalue weighted by Crippen LogP contribution is 2.69. The van der Waals surface area contributed by atoms with E-state index in [4.69, 9.17) is 11.6 Å². The molecule has 4 aliphatic heterocycles. The molecular weight excluding hydrogens is 378 g/mol. The molecule has 4 fully saturated rings. The van der Waals surface area contributed by atoms with E-state index in [9.17, 15) is 14.9 Å². The van der Waals surface area contributed by atoms with Crippen molar-refractivity contribution >= 4 is 45.0 Å². The van der Waals surface area contributed by atoms with Crippen molar-refractivity contribution in [1.29, 1.82) is 5.26 Å². The van der Waals surface area contributed by atoms with Crippen LogP contribution < -0.4 is 0 Å². The topological polar surface area (TPSA) is 64.4 Å². The van der Waals surface area contributed by atoms with Crippen molar-refractivity contribution in [2.45, 2.75) is 36.1 Å². The Bertz CT molecular complexity index is 841. The van der Waals surface area contributed by atoms with Gasteiger partial charge in [-0.1, -0.05) is 45.3 Å². The Balaban J connectivity index is 1.93. The number of benzene rings is 1. The minimum absolute atomic E-state index is 0.101. The predicted molar refractivity (Wildman–Crippen MR) is 98.5 cm³/mol. The quantitative estimate of drug-likeness (QED) is 0.684. The number of rotatable bonds is 1. The molecule has 2 amide bonds. The number of likely N-dealkylation sites (N-methyl/N-ethyl adjacent to an activating group) is 1. The summed E-state index contributed by atoms with van der Waals surface area (Å²) in [6.07, 6.45) is 0.312. The van der Waals surface area contributed by atoms with Crippen molar-refractivity contribution in [3.8, 4) is 6.07 Å². The number of hydrogen-bond acceptors (Lipinski definition) is 5. The molecule has 0 radical (unpaired) electrons. The normalized spacial score (nSPS) is 39.6. The van der Waals surface area contributed by atoms with Crippen LogP contribution >= 0.6 is 33.2 Å². The predicted octanol–water partition coefficient (Wildman–Crippen LogP) is 3.42. The highest BCUT2D eigenvalue weighted by Gasteiger charge is 2.74. The lowest BCUT2D eigenvalue weighted by Crippen LogP contribution is -2.73. The first-order chi connectivity index (χ1) is 11.7. The largest absolute Gasteiger partial charge is 0.319 e. The van der Waals surface area contributed by atoms with E-state index in [2.05, 4.69) is 6.07 Å². The zero-order chi connectivity index (χ0) is 18.2. The van der Waals surface area contributed by atoms with Crippen molar-refractivity contribution in [1.82, 2.24) is 9.80 Å². The highest BCUT2D eigenvalue weighted by molar-refractivity contribution is 8.78. The number of piperazine rings is 1. The molecule has 0 aromatic heterocycles. The average Bonchev–Trinajstić information content (AvgIpc) is 2.87. The molecule has 1 spiro atoms. The molecule has 4 atom stereocenters. The summed E-state index contributed by atoms with van der Waals surface area (Å²) in [5, 5.41) is 10.5. The number of carbonyl (C=O) groups excluding carboxylic acids is 2. The SMILES string of the molecule is CN1C(=O)C23C[C@](C)(C#N)[C@H](c4ccc(Cl)cc4)N2C(=O)C1(C)SS3. The van der Waals surface area contributed by atoms with E-state index in [1.165, 1.54) is 26.5 Å². The fourth-order valence-corrected chi connectivity index (χ4v) is 7.77. The molecule has 4 heterocycles. The summed E-state index contributed by atoms with van der Waals surface area (Å²) in [5.74, 6) is -0.214.